The van der Waals surface area contributed by atoms with E-state index in [1.165, 1.54) is 5.56 Å². The third-order valence-electron chi connectivity index (χ3n) is 3.17. The summed E-state index contributed by atoms with van der Waals surface area (Å²) in [5.74, 6) is 0. The first-order valence-electron chi connectivity index (χ1n) is 6.35. The van der Waals surface area contributed by atoms with Crippen LogP contribution in [0.15, 0.2) is 54.7 Å². The van der Waals surface area contributed by atoms with Gasteiger partial charge in [-0.3, -0.25) is 4.98 Å². The summed E-state index contributed by atoms with van der Waals surface area (Å²) in [5.41, 5.74) is 9.60. The molecular formula is C16H14ClN3. The number of halogens is 1. The molecule has 1 heterocycles. The van der Waals surface area contributed by atoms with Crippen molar-refractivity contribution in [1.82, 2.24) is 4.98 Å². The van der Waals surface area contributed by atoms with E-state index in [1.54, 1.807) is 6.20 Å². The molecule has 3 aromatic rings. The van der Waals surface area contributed by atoms with Gasteiger partial charge >= 0.3 is 0 Å². The number of hydrogen-bond donors (Lipinski definition) is 2. The predicted octanol–water partition coefficient (Wildman–Crippen LogP) is 4.08. The van der Waals surface area contributed by atoms with Gasteiger partial charge in [0, 0.05) is 17.0 Å². The zero-order valence-electron chi connectivity index (χ0n) is 10.8. The van der Waals surface area contributed by atoms with Crippen LogP contribution in [0.25, 0.3) is 10.9 Å². The second kappa shape index (κ2) is 5.39. The van der Waals surface area contributed by atoms with E-state index in [2.05, 4.69) is 22.4 Å². The molecule has 0 aliphatic rings. The Morgan fingerprint density at radius 2 is 1.90 bits per heavy atom. The van der Waals surface area contributed by atoms with Crippen molar-refractivity contribution in [2.45, 2.75) is 6.54 Å². The third kappa shape index (κ3) is 2.53. The van der Waals surface area contributed by atoms with Gasteiger partial charge in [0.15, 0.2) is 0 Å². The summed E-state index contributed by atoms with van der Waals surface area (Å²) >= 11 is 5.99. The first-order chi connectivity index (χ1) is 9.74. The van der Waals surface area contributed by atoms with Gasteiger partial charge in [-0.1, -0.05) is 41.9 Å². The maximum absolute atomic E-state index is 6.03. The van der Waals surface area contributed by atoms with Crippen LogP contribution in [0, 0.1) is 0 Å². The molecule has 0 saturated carbocycles. The van der Waals surface area contributed by atoms with Crippen molar-refractivity contribution in [2.24, 2.45) is 0 Å². The summed E-state index contributed by atoms with van der Waals surface area (Å²) in [4.78, 5) is 4.31. The van der Waals surface area contributed by atoms with Gasteiger partial charge in [0.25, 0.3) is 0 Å². The molecule has 0 atom stereocenters. The van der Waals surface area contributed by atoms with Gasteiger partial charge in [-0.25, -0.2) is 0 Å². The minimum Gasteiger partial charge on any atom is -0.396 e. The molecule has 3 rings (SSSR count). The topological polar surface area (TPSA) is 50.9 Å². The zero-order chi connectivity index (χ0) is 13.9. The normalized spacial score (nSPS) is 10.7. The van der Waals surface area contributed by atoms with E-state index in [-0.39, 0.29) is 0 Å². The summed E-state index contributed by atoms with van der Waals surface area (Å²) in [6.07, 6.45) is 1.66. The summed E-state index contributed by atoms with van der Waals surface area (Å²) in [5, 5.41) is 5.03. The highest BCUT2D eigenvalue weighted by Crippen LogP contribution is 2.29. The van der Waals surface area contributed by atoms with Crippen molar-refractivity contribution in [3.8, 4) is 0 Å². The lowest BCUT2D eigenvalue weighted by atomic mass is 10.1. The standard InChI is InChI=1S/C16H14ClN3/c17-12-6-7-13-15(8-12)19-10-14(18)16(13)20-9-11-4-2-1-3-5-11/h1-8,10H,9,18H2,(H,19,20). The number of nitrogens with one attached hydrogen (secondary N) is 1. The number of benzene rings is 2. The minimum absolute atomic E-state index is 0.635. The van der Waals surface area contributed by atoms with Crippen LogP contribution in [-0.4, -0.2) is 4.98 Å². The molecule has 100 valence electrons. The molecule has 3 N–H and O–H groups in total. The van der Waals surface area contributed by atoms with Gasteiger partial charge in [0.2, 0.25) is 0 Å². The molecule has 0 saturated heterocycles. The minimum atomic E-state index is 0.635. The van der Waals surface area contributed by atoms with Crippen LogP contribution in [0.5, 0.6) is 0 Å². The van der Waals surface area contributed by atoms with Crippen LogP contribution in [0.4, 0.5) is 11.4 Å². The Bertz CT molecular complexity index is 741. The van der Waals surface area contributed by atoms with E-state index in [0.717, 1.165) is 16.6 Å². The van der Waals surface area contributed by atoms with E-state index in [0.29, 0.717) is 17.3 Å². The van der Waals surface area contributed by atoms with Crippen LogP contribution >= 0.6 is 11.6 Å². The number of nitrogens with zero attached hydrogens (tertiary/aromatic N) is 1. The summed E-state index contributed by atoms with van der Waals surface area (Å²) < 4.78 is 0. The Morgan fingerprint density at radius 1 is 1.10 bits per heavy atom. The van der Waals surface area contributed by atoms with Crippen molar-refractivity contribution in [2.75, 3.05) is 11.1 Å². The molecule has 4 heteroatoms. The van der Waals surface area contributed by atoms with Gasteiger partial charge in [-0.05, 0) is 23.8 Å². The Labute approximate surface area is 122 Å². The van der Waals surface area contributed by atoms with Crippen molar-refractivity contribution in [1.29, 1.82) is 0 Å². The molecule has 0 bridgehead atoms. The van der Waals surface area contributed by atoms with Crippen LogP contribution in [-0.2, 0) is 6.54 Å². The summed E-state index contributed by atoms with van der Waals surface area (Å²) in [6, 6.07) is 15.8. The highest BCUT2D eigenvalue weighted by Gasteiger charge is 2.07. The number of rotatable bonds is 3. The second-order valence-electron chi connectivity index (χ2n) is 4.59. The van der Waals surface area contributed by atoms with E-state index in [9.17, 15) is 0 Å². The number of nitrogens with two attached hydrogens (primary N) is 1. The average Bonchev–Trinajstić information content (AvgIpc) is 2.47. The number of aromatic nitrogens is 1. The predicted molar refractivity (Wildman–Crippen MR) is 84.9 cm³/mol. The molecular weight excluding hydrogens is 270 g/mol. The molecule has 0 unspecified atom stereocenters. The van der Waals surface area contributed by atoms with Crippen LogP contribution in [0.3, 0.4) is 0 Å². The molecule has 0 radical (unpaired) electrons. The van der Waals surface area contributed by atoms with E-state index in [1.807, 2.05) is 36.4 Å². The van der Waals surface area contributed by atoms with Crippen molar-refractivity contribution < 1.29 is 0 Å². The maximum atomic E-state index is 6.03. The number of nitrogen functional groups attached to an aromatic ring is 1. The maximum Gasteiger partial charge on any atom is 0.0743 e. The van der Waals surface area contributed by atoms with E-state index < -0.39 is 0 Å². The molecule has 0 spiro atoms. The van der Waals surface area contributed by atoms with Gasteiger partial charge in [0.05, 0.1) is 23.1 Å². The smallest absolute Gasteiger partial charge is 0.0743 e. The lowest BCUT2D eigenvalue weighted by Gasteiger charge is -2.12. The van der Waals surface area contributed by atoms with Crippen LogP contribution in [0.1, 0.15) is 5.56 Å². The van der Waals surface area contributed by atoms with Gasteiger partial charge in [-0.2, -0.15) is 0 Å². The van der Waals surface area contributed by atoms with Gasteiger partial charge < -0.3 is 11.1 Å². The quantitative estimate of drug-likeness (QED) is 0.761. The average molecular weight is 284 g/mol. The fraction of sp³-hybridized carbons (Fsp3) is 0.0625. The monoisotopic (exact) mass is 283 g/mol. The fourth-order valence-corrected chi connectivity index (χ4v) is 2.33. The molecule has 20 heavy (non-hydrogen) atoms. The van der Waals surface area contributed by atoms with Crippen molar-refractivity contribution in [3.05, 3.63) is 65.3 Å². The molecule has 0 aliphatic heterocycles. The SMILES string of the molecule is Nc1cnc2cc(Cl)ccc2c1NCc1ccccc1. The lowest BCUT2D eigenvalue weighted by molar-refractivity contribution is 1.15. The summed E-state index contributed by atoms with van der Waals surface area (Å²) in [7, 11) is 0. The lowest BCUT2D eigenvalue weighted by Crippen LogP contribution is -2.03. The molecule has 3 nitrogen and oxygen atoms in total. The molecule has 0 fully saturated rings. The van der Waals surface area contributed by atoms with Gasteiger partial charge in [-0.15, -0.1) is 0 Å². The largest absolute Gasteiger partial charge is 0.396 e. The molecule has 1 aromatic heterocycles. The molecule has 2 aromatic carbocycles. The van der Waals surface area contributed by atoms with Crippen LogP contribution < -0.4 is 11.1 Å². The van der Waals surface area contributed by atoms with Gasteiger partial charge in [0.1, 0.15) is 0 Å². The first kappa shape index (κ1) is 12.8. The number of pyridine rings is 1. The highest BCUT2D eigenvalue weighted by atomic mass is 35.5. The summed E-state index contributed by atoms with van der Waals surface area (Å²) in [6.45, 7) is 0.715. The number of anilines is 2. The Balaban J connectivity index is 1.96. The number of fused-ring (bicyclic) bond motifs is 1. The van der Waals surface area contributed by atoms with Crippen molar-refractivity contribution in [3.63, 3.8) is 0 Å². The van der Waals surface area contributed by atoms with E-state index >= 15 is 0 Å². The second-order valence-corrected chi connectivity index (χ2v) is 5.03. The Hall–Kier alpha value is -2.26. The number of hydrogen-bond acceptors (Lipinski definition) is 3. The molecule has 0 aliphatic carbocycles. The van der Waals surface area contributed by atoms with Crippen LogP contribution in [0.2, 0.25) is 5.02 Å². The van der Waals surface area contributed by atoms with E-state index in [4.69, 9.17) is 17.3 Å². The van der Waals surface area contributed by atoms with Crippen molar-refractivity contribution >= 4 is 33.9 Å². The Morgan fingerprint density at radius 3 is 2.70 bits per heavy atom. The fourth-order valence-electron chi connectivity index (χ4n) is 2.17. The third-order valence-corrected chi connectivity index (χ3v) is 3.41. The molecule has 0 amide bonds. The highest BCUT2D eigenvalue weighted by molar-refractivity contribution is 6.31. The Kier molecular flexibility index (Phi) is 3.44. The zero-order valence-corrected chi connectivity index (χ0v) is 11.6. The first-order valence-corrected chi connectivity index (χ1v) is 6.73.